The number of pyridine rings is 2. The van der Waals surface area contributed by atoms with Gasteiger partial charge < -0.3 is 10.6 Å². The molecule has 9 heteroatoms. The van der Waals surface area contributed by atoms with Crippen LogP contribution in [0.15, 0.2) is 30.5 Å². The highest BCUT2D eigenvalue weighted by Gasteiger charge is 2.21. The van der Waals surface area contributed by atoms with Crippen LogP contribution in [0.1, 0.15) is 24.6 Å². The van der Waals surface area contributed by atoms with Crippen LogP contribution < -0.4 is 15.5 Å². The Labute approximate surface area is 184 Å². The third kappa shape index (κ3) is 4.32. The summed E-state index contributed by atoms with van der Waals surface area (Å²) in [6.45, 7) is 6.15. The minimum absolute atomic E-state index is 0.105. The quantitative estimate of drug-likeness (QED) is 0.393. The van der Waals surface area contributed by atoms with Gasteiger partial charge in [0.05, 0.1) is 21.9 Å². The van der Waals surface area contributed by atoms with Crippen LogP contribution in [0, 0.1) is 13.8 Å². The number of rotatable bonds is 6. The fourth-order valence-corrected chi connectivity index (χ4v) is 3.81. The standard InChI is InChI=1S/C21H21Cl2N5O2/c1-4-8-24-21(30)27-17-12(2)10-25-18-14(17)6-5-7-16(18)28(11-29)19-15(22)9-13(3)26-20(19)23/h5-7,9-11H,4,8H2,1-3H3,(H2,24,25,27,30). The van der Waals surface area contributed by atoms with Gasteiger partial charge in [-0.3, -0.25) is 14.7 Å². The summed E-state index contributed by atoms with van der Waals surface area (Å²) in [5.41, 5.74) is 3.28. The number of carbonyl (C=O) groups is 2. The van der Waals surface area contributed by atoms with E-state index in [1.54, 1.807) is 31.3 Å². The second-order valence-electron chi connectivity index (χ2n) is 6.73. The van der Waals surface area contributed by atoms with Gasteiger partial charge in [-0.25, -0.2) is 9.78 Å². The average molecular weight is 446 g/mol. The van der Waals surface area contributed by atoms with Crippen LogP contribution in [-0.4, -0.2) is 29.0 Å². The lowest BCUT2D eigenvalue weighted by Gasteiger charge is -2.22. The van der Waals surface area contributed by atoms with Crippen molar-refractivity contribution in [3.05, 3.63) is 51.9 Å². The van der Waals surface area contributed by atoms with E-state index in [1.165, 1.54) is 4.90 Å². The van der Waals surface area contributed by atoms with Gasteiger partial charge in [-0.05, 0) is 38.0 Å². The van der Waals surface area contributed by atoms with Gasteiger partial charge in [-0.1, -0.05) is 42.3 Å². The normalized spacial score (nSPS) is 10.7. The van der Waals surface area contributed by atoms with Crippen molar-refractivity contribution in [2.75, 3.05) is 16.8 Å². The molecule has 0 spiro atoms. The van der Waals surface area contributed by atoms with E-state index in [2.05, 4.69) is 20.6 Å². The number of hydrogen-bond acceptors (Lipinski definition) is 4. The van der Waals surface area contributed by atoms with Gasteiger partial charge in [0.25, 0.3) is 0 Å². The minimum atomic E-state index is -0.307. The van der Waals surface area contributed by atoms with Crippen molar-refractivity contribution in [1.82, 2.24) is 15.3 Å². The number of nitrogens with zero attached hydrogens (tertiary/aromatic N) is 3. The van der Waals surface area contributed by atoms with Crippen molar-refractivity contribution in [3.8, 4) is 0 Å². The molecule has 3 rings (SSSR count). The number of urea groups is 1. The Kier molecular flexibility index (Phi) is 6.74. The first-order valence-electron chi connectivity index (χ1n) is 9.37. The lowest BCUT2D eigenvalue weighted by molar-refractivity contribution is -0.106. The van der Waals surface area contributed by atoms with Crippen molar-refractivity contribution in [2.24, 2.45) is 0 Å². The number of para-hydroxylation sites is 1. The maximum absolute atomic E-state index is 12.2. The molecule has 2 heterocycles. The highest BCUT2D eigenvalue weighted by atomic mass is 35.5. The number of amides is 3. The number of nitrogens with one attached hydrogen (secondary N) is 2. The van der Waals surface area contributed by atoms with Crippen LogP contribution in [0.3, 0.4) is 0 Å². The van der Waals surface area contributed by atoms with Gasteiger partial charge in [0.15, 0.2) is 5.15 Å². The van der Waals surface area contributed by atoms with Gasteiger partial charge in [0.1, 0.15) is 5.69 Å². The number of halogens is 2. The van der Waals surface area contributed by atoms with E-state index in [9.17, 15) is 9.59 Å². The zero-order valence-electron chi connectivity index (χ0n) is 16.8. The molecule has 2 N–H and O–H groups in total. The second-order valence-corrected chi connectivity index (χ2v) is 7.50. The summed E-state index contributed by atoms with van der Waals surface area (Å²) in [5, 5.41) is 6.74. The third-order valence-electron chi connectivity index (χ3n) is 4.48. The Morgan fingerprint density at radius 2 is 2.03 bits per heavy atom. The predicted octanol–water partition coefficient (Wildman–Crippen LogP) is 5.38. The van der Waals surface area contributed by atoms with Gasteiger partial charge in [0.2, 0.25) is 6.41 Å². The Bertz CT molecular complexity index is 1100. The number of hydrogen-bond donors (Lipinski definition) is 2. The van der Waals surface area contributed by atoms with Crippen molar-refractivity contribution >= 4 is 63.6 Å². The largest absolute Gasteiger partial charge is 0.338 e. The lowest BCUT2D eigenvalue weighted by atomic mass is 10.1. The Morgan fingerprint density at radius 1 is 1.27 bits per heavy atom. The SMILES string of the molecule is CCCNC(=O)Nc1c(C)cnc2c(N(C=O)c3c(Cl)cc(C)nc3Cl)cccc12. The topological polar surface area (TPSA) is 87.2 Å². The molecule has 0 saturated heterocycles. The molecular formula is C21H21Cl2N5O2. The Balaban J connectivity index is 2.15. The molecule has 1 aromatic carbocycles. The van der Waals surface area contributed by atoms with Gasteiger partial charge in [-0.15, -0.1) is 0 Å². The molecule has 2 aromatic heterocycles. The highest BCUT2D eigenvalue weighted by Crippen LogP contribution is 2.40. The molecule has 0 aliphatic heterocycles. The Morgan fingerprint density at radius 3 is 2.70 bits per heavy atom. The second kappa shape index (κ2) is 9.28. The maximum atomic E-state index is 12.2. The molecule has 0 unspecified atom stereocenters. The fraction of sp³-hybridized carbons (Fsp3) is 0.238. The summed E-state index contributed by atoms with van der Waals surface area (Å²) >= 11 is 12.7. The van der Waals surface area contributed by atoms with Gasteiger partial charge in [0, 0.05) is 23.8 Å². The smallest absolute Gasteiger partial charge is 0.319 e. The first-order chi connectivity index (χ1) is 14.4. The molecule has 0 radical (unpaired) electrons. The van der Waals surface area contributed by atoms with E-state index in [4.69, 9.17) is 23.2 Å². The van der Waals surface area contributed by atoms with Crippen molar-refractivity contribution in [1.29, 1.82) is 0 Å². The summed E-state index contributed by atoms with van der Waals surface area (Å²) in [5.74, 6) is 0. The molecular weight excluding hydrogens is 425 g/mol. The van der Waals surface area contributed by atoms with Gasteiger partial charge >= 0.3 is 6.03 Å². The first kappa shape index (κ1) is 21.8. The minimum Gasteiger partial charge on any atom is -0.338 e. The van der Waals surface area contributed by atoms with Gasteiger partial charge in [-0.2, -0.15) is 0 Å². The van der Waals surface area contributed by atoms with Crippen molar-refractivity contribution in [3.63, 3.8) is 0 Å². The van der Waals surface area contributed by atoms with E-state index in [0.29, 0.717) is 45.9 Å². The van der Waals surface area contributed by atoms with E-state index in [0.717, 1.165) is 12.0 Å². The van der Waals surface area contributed by atoms with Crippen LogP contribution in [0.5, 0.6) is 0 Å². The molecule has 30 heavy (non-hydrogen) atoms. The Hall–Kier alpha value is -2.90. The predicted molar refractivity (Wildman–Crippen MR) is 121 cm³/mol. The van der Waals surface area contributed by atoms with E-state index < -0.39 is 0 Å². The summed E-state index contributed by atoms with van der Waals surface area (Å²) in [6.07, 6.45) is 3.08. The maximum Gasteiger partial charge on any atom is 0.319 e. The molecule has 0 bridgehead atoms. The molecule has 156 valence electrons. The molecule has 3 aromatic rings. The van der Waals surface area contributed by atoms with Crippen LogP contribution in [0.25, 0.3) is 10.9 Å². The van der Waals surface area contributed by atoms with Crippen LogP contribution in [-0.2, 0) is 4.79 Å². The van der Waals surface area contributed by atoms with Crippen LogP contribution >= 0.6 is 23.2 Å². The van der Waals surface area contributed by atoms with E-state index in [-0.39, 0.29) is 16.9 Å². The summed E-state index contributed by atoms with van der Waals surface area (Å²) in [6, 6.07) is 6.65. The molecule has 0 aliphatic carbocycles. The average Bonchev–Trinajstić information content (AvgIpc) is 2.70. The summed E-state index contributed by atoms with van der Waals surface area (Å²) < 4.78 is 0. The zero-order valence-corrected chi connectivity index (χ0v) is 18.3. The highest BCUT2D eigenvalue weighted by molar-refractivity contribution is 6.39. The lowest BCUT2D eigenvalue weighted by Crippen LogP contribution is -2.29. The molecule has 7 nitrogen and oxygen atoms in total. The number of aromatic nitrogens is 2. The van der Waals surface area contributed by atoms with E-state index in [1.807, 2.05) is 19.9 Å². The van der Waals surface area contributed by atoms with E-state index >= 15 is 0 Å². The fourth-order valence-electron chi connectivity index (χ4n) is 3.10. The number of anilines is 3. The molecule has 0 fully saturated rings. The number of carbonyl (C=O) groups excluding carboxylic acids is 2. The number of aryl methyl sites for hydroxylation is 2. The van der Waals surface area contributed by atoms with Crippen molar-refractivity contribution in [2.45, 2.75) is 27.2 Å². The monoisotopic (exact) mass is 445 g/mol. The molecule has 3 amide bonds. The number of benzene rings is 1. The third-order valence-corrected chi connectivity index (χ3v) is 5.03. The molecule has 0 aliphatic rings. The zero-order chi connectivity index (χ0) is 21.8. The van der Waals surface area contributed by atoms with Crippen molar-refractivity contribution < 1.29 is 9.59 Å². The number of fused-ring (bicyclic) bond motifs is 1. The van der Waals surface area contributed by atoms with Crippen LogP contribution in [0.4, 0.5) is 21.9 Å². The summed E-state index contributed by atoms with van der Waals surface area (Å²) in [7, 11) is 0. The van der Waals surface area contributed by atoms with Crippen LogP contribution in [0.2, 0.25) is 10.2 Å². The molecule has 0 saturated carbocycles. The summed E-state index contributed by atoms with van der Waals surface area (Å²) in [4.78, 5) is 34.3. The molecule has 0 atom stereocenters. The first-order valence-corrected chi connectivity index (χ1v) is 10.1.